The minimum Gasteiger partial charge on any atom is -0.477 e. The Balaban J connectivity index is 1.49. The van der Waals surface area contributed by atoms with Gasteiger partial charge in [-0.25, -0.2) is 14.8 Å². The number of thioether (sulfide) groups is 2. The fraction of sp³-hybridized carbons (Fsp3) is 0.250. The molecule has 2 aliphatic rings. The van der Waals surface area contributed by atoms with Crippen molar-refractivity contribution in [3.8, 4) is 0 Å². The third-order valence-electron chi connectivity index (χ3n) is 5.00. The predicted octanol–water partition coefficient (Wildman–Crippen LogP) is 0.117. The number of hydrogen-bond donors (Lipinski definition) is 5. The minimum absolute atomic E-state index is 0.00247. The van der Waals surface area contributed by atoms with Crippen molar-refractivity contribution in [2.24, 2.45) is 5.16 Å². The summed E-state index contributed by atoms with van der Waals surface area (Å²) in [6, 6.07) is 0.553. The summed E-state index contributed by atoms with van der Waals surface area (Å²) in [6.07, 6.45) is 1.45. The molecule has 1 unspecified atom stereocenters. The van der Waals surface area contributed by atoms with E-state index in [0.717, 1.165) is 11.3 Å². The first-order valence-electron chi connectivity index (χ1n) is 10.5. The van der Waals surface area contributed by atoms with Crippen molar-refractivity contribution in [3.63, 3.8) is 0 Å². The second kappa shape index (κ2) is 11.1. The largest absolute Gasteiger partial charge is 0.477 e. The number of carboxylic acids is 1. The quantitative estimate of drug-likeness (QED) is 0.0493. The summed E-state index contributed by atoms with van der Waals surface area (Å²) in [7, 11) is 0. The number of fused-ring (bicyclic) bond motifs is 1. The molecule has 2 amide bonds. The number of nitrogens with zero attached hydrogens (tertiary/aromatic N) is 5. The smallest absolute Gasteiger partial charge is 0.352 e. The highest BCUT2D eigenvalue weighted by Crippen LogP contribution is 2.41. The Bertz CT molecular complexity index is 1310. The van der Waals surface area contributed by atoms with Crippen LogP contribution in [-0.4, -0.2) is 78.0 Å². The van der Waals surface area contributed by atoms with Crippen LogP contribution in [0.4, 0.5) is 16.9 Å². The van der Waals surface area contributed by atoms with E-state index in [1.54, 1.807) is 0 Å². The first-order chi connectivity index (χ1) is 17.7. The third-order valence-corrected chi connectivity index (χ3v) is 8.01. The molecular weight excluding hydrogens is 542 g/mol. The van der Waals surface area contributed by atoms with E-state index in [4.69, 9.17) is 22.0 Å². The van der Waals surface area contributed by atoms with Crippen LogP contribution < -0.4 is 22.5 Å². The van der Waals surface area contributed by atoms with Gasteiger partial charge in [0.1, 0.15) is 40.3 Å². The van der Waals surface area contributed by atoms with Crippen LogP contribution in [0, 0.1) is 0 Å². The van der Waals surface area contributed by atoms with Gasteiger partial charge < -0.3 is 32.5 Å². The number of nitrogens with one attached hydrogen (secondary N) is 1. The highest BCUT2D eigenvalue weighted by atomic mass is 32.2. The lowest BCUT2D eigenvalue weighted by atomic mass is 10.0. The van der Waals surface area contributed by atoms with Crippen LogP contribution in [0.25, 0.3) is 0 Å². The molecule has 1 fully saturated rings. The zero-order valence-electron chi connectivity index (χ0n) is 19.0. The molecule has 0 radical (unpaired) electrons. The molecule has 1 saturated heterocycles. The van der Waals surface area contributed by atoms with Gasteiger partial charge in [-0.15, -0.1) is 34.9 Å². The number of carbonyl (C=O) groups excluding carboxylic acids is 2. The van der Waals surface area contributed by atoms with Crippen molar-refractivity contribution in [1.82, 2.24) is 25.2 Å². The number of rotatable bonds is 10. The molecule has 2 aromatic rings. The lowest BCUT2D eigenvalue weighted by Gasteiger charge is -2.49. The molecule has 0 aliphatic carbocycles. The molecule has 8 N–H and O–H groups in total. The van der Waals surface area contributed by atoms with Gasteiger partial charge in [0.25, 0.3) is 11.8 Å². The lowest BCUT2D eigenvalue weighted by molar-refractivity contribution is -0.150. The van der Waals surface area contributed by atoms with Crippen molar-refractivity contribution in [2.75, 3.05) is 35.3 Å². The average Bonchev–Trinajstić information content (AvgIpc) is 3.28. The molecule has 14 nitrogen and oxygen atoms in total. The number of carbonyl (C=O) groups is 3. The van der Waals surface area contributed by atoms with E-state index in [0.29, 0.717) is 16.4 Å². The van der Waals surface area contributed by atoms with E-state index in [9.17, 15) is 19.5 Å². The maximum Gasteiger partial charge on any atom is 0.352 e. The Morgan fingerprint density at radius 1 is 1.35 bits per heavy atom. The number of β-lactam (4-membered cyclic amide) rings is 1. The Kier molecular flexibility index (Phi) is 7.84. The molecule has 4 heterocycles. The number of nitrogens with two attached hydrogens (primary N) is 3. The summed E-state index contributed by atoms with van der Waals surface area (Å²) in [5.41, 5.74) is 17.4. The number of aliphatic carboxylic acids is 1. The standard InChI is InChI=1S/C20H21N9O5S3/c1-2-3-34-28-12(9-7-37-20(23)24-9)15(30)27-13-16(31)29-14(18(32)33)8(6-36-17(13)29)5-35-11-4-10(21)25-19(22)26-11/h2,4,7,13,17H,1,3,5-6H2,(H2,23,24)(H,27,30)(H,32,33)(H4,21,22,25,26)/b28-12+/t13?,17-/m1/s1. The zero-order chi connectivity index (χ0) is 26.7. The van der Waals surface area contributed by atoms with Gasteiger partial charge >= 0.3 is 5.97 Å². The first-order valence-corrected chi connectivity index (χ1v) is 13.4. The zero-order valence-corrected chi connectivity index (χ0v) is 21.4. The summed E-state index contributed by atoms with van der Waals surface area (Å²) in [5, 5.41) is 17.9. The van der Waals surface area contributed by atoms with E-state index in [2.05, 4.69) is 32.0 Å². The van der Waals surface area contributed by atoms with Crippen molar-refractivity contribution < 1.29 is 24.3 Å². The van der Waals surface area contributed by atoms with Crippen LogP contribution >= 0.6 is 34.9 Å². The SMILES string of the molecule is C=CCO/N=C(/C(=O)NC1C(=O)N2C(C(=O)O)=C(CSc3cc(N)nc(N)n3)CS[C@H]12)c1csc(N)n1. The van der Waals surface area contributed by atoms with E-state index >= 15 is 0 Å². The summed E-state index contributed by atoms with van der Waals surface area (Å²) < 4.78 is 0. The van der Waals surface area contributed by atoms with E-state index < -0.39 is 29.2 Å². The maximum atomic E-state index is 13.0. The van der Waals surface area contributed by atoms with Crippen LogP contribution in [0.3, 0.4) is 0 Å². The molecule has 0 aromatic carbocycles. The van der Waals surface area contributed by atoms with Crippen LogP contribution in [0.2, 0.25) is 0 Å². The molecule has 0 spiro atoms. The van der Waals surface area contributed by atoms with Gasteiger partial charge in [0.05, 0.1) is 0 Å². The number of anilines is 3. The highest BCUT2D eigenvalue weighted by molar-refractivity contribution is 8.01. The van der Waals surface area contributed by atoms with Gasteiger partial charge in [-0.3, -0.25) is 14.5 Å². The number of nitrogen functional groups attached to an aromatic ring is 3. The van der Waals surface area contributed by atoms with Crippen LogP contribution in [0.15, 0.2) is 45.6 Å². The fourth-order valence-corrected chi connectivity index (χ4v) is 6.40. The maximum absolute atomic E-state index is 13.0. The highest BCUT2D eigenvalue weighted by Gasteiger charge is 2.54. The van der Waals surface area contributed by atoms with E-state index in [1.807, 2.05) is 0 Å². The Hall–Kier alpha value is -3.83. The molecule has 0 saturated carbocycles. The molecule has 0 bridgehead atoms. The third kappa shape index (κ3) is 5.62. The number of thiazole rings is 1. The molecule has 2 aromatic heterocycles. The molecule has 17 heteroatoms. The second-order valence-corrected chi connectivity index (χ2v) is 10.5. The number of carboxylic acid groups (broad SMARTS) is 1. The van der Waals surface area contributed by atoms with Crippen LogP contribution in [0.1, 0.15) is 5.69 Å². The summed E-state index contributed by atoms with van der Waals surface area (Å²) in [6.45, 7) is 3.57. The molecule has 4 rings (SSSR count). The van der Waals surface area contributed by atoms with Crippen molar-refractivity contribution in [3.05, 3.63) is 41.1 Å². The molecule has 2 atom stereocenters. The van der Waals surface area contributed by atoms with Crippen molar-refractivity contribution >= 4 is 75.3 Å². The molecule has 37 heavy (non-hydrogen) atoms. The number of hydrogen-bond acceptors (Lipinski definition) is 14. The molecular formula is C20H21N9O5S3. The topological polar surface area (TPSA) is 225 Å². The summed E-state index contributed by atoms with van der Waals surface area (Å²) in [4.78, 5) is 56.3. The van der Waals surface area contributed by atoms with E-state index in [1.165, 1.54) is 45.9 Å². The van der Waals surface area contributed by atoms with E-state index in [-0.39, 0.29) is 46.4 Å². The normalized spacial score (nSPS) is 19.2. The van der Waals surface area contributed by atoms with Gasteiger partial charge in [-0.1, -0.05) is 17.8 Å². The van der Waals surface area contributed by atoms with Gasteiger partial charge in [-0.05, 0) is 5.57 Å². The first kappa shape index (κ1) is 26.2. The predicted molar refractivity (Wildman–Crippen MR) is 140 cm³/mol. The van der Waals surface area contributed by atoms with Crippen molar-refractivity contribution in [1.29, 1.82) is 0 Å². The van der Waals surface area contributed by atoms with Crippen molar-refractivity contribution in [2.45, 2.75) is 16.4 Å². The average molecular weight is 564 g/mol. The Morgan fingerprint density at radius 3 is 2.78 bits per heavy atom. The Morgan fingerprint density at radius 2 is 2.14 bits per heavy atom. The fourth-order valence-electron chi connectivity index (χ4n) is 3.46. The Labute approximate surface area is 222 Å². The van der Waals surface area contributed by atoms with Gasteiger partial charge in [-0.2, -0.15) is 4.98 Å². The molecule has 2 aliphatic heterocycles. The monoisotopic (exact) mass is 563 g/mol. The number of amides is 2. The number of oxime groups is 1. The lowest BCUT2D eigenvalue weighted by Crippen LogP contribution is -2.71. The summed E-state index contributed by atoms with van der Waals surface area (Å²) >= 11 is 3.66. The second-order valence-electron chi connectivity index (χ2n) is 7.49. The minimum atomic E-state index is -1.25. The van der Waals surface area contributed by atoms with Crippen LogP contribution in [0.5, 0.6) is 0 Å². The van der Waals surface area contributed by atoms with Crippen LogP contribution in [-0.2, 0) is 19.2 Å². The van der Waals surface area contributed by atoms with Gasteiger partial charge in [0, 0.05) is 23.0 Å². The number of aromatic nitrogens is 3. The van der Waals surface area contributed by atoms with Gasteiger partial charge in [0.2, 0.25) is 5.95 Å². The summed E-state index contributed by atoms with van der Waals surface area (Å²) in [5.74, 6) is -1.78. The molecule has 194 valence electrons. The van der Waals surface area contributed by atoms with Gasteiger partial charge in [0.15, 0.2) is 10.8 Å².